The number of morpholine rings is 1. The highest BCUT2D eigenvalue weighted by molar-refractivity contribution is 5.24. The molecule has 1 heterocycles. The van der Waals surface area contributed by atoms with Gasteiger partial charge in [0.05, 0.1) is 19.3 Å². The first-order valence-electron chi connectivity index (χ1n) is 4.48. The smallest absolute Gasteiger partial charge is 0.0662 e. The molecule has 1 aliphatic heterocycles. The van der Waals surface area contributed by atoms with Crippen LogP contribution in [0.4, 0.5) is 0 Å². The summed E-state index contributed by atoms with van der Waals surface area (Å²) < 4.78 is 5.37. The van der Waals surface area contributed by atoms with Gasteiger partial charge in [-0.05, 0) is 19.4 Å². The molecular weight excluding hydrogens is 150 g/mol. The Hall–Kier alpha value is -0.600. The van der Waals surface area contributed by atoms with Crippen LogP contribution in [-0.4, -0.2) is 25.8 Å². The van der Waals surface area contributed by atoms with Crippen molar-refractivity contribution in [3.05, 3.63) is 23.8 Å². The SMILES string of the molecule is C/C=C\C(=C/C)[C@H]1COCCN1. The number of allylic oxidation sites excluding steroid dienone is 2. The zero-order valence-electron chi connectivity index (χ0n) is 7.84. The molecule has 0 aromatic carbocycles. The summed E-state index contributed by atoms with van der Waals surface area (Å²) in [5.41, 5.74) is 1.32. The van der Waals surface area contributed by atoms with E-state index in [0.717, 1.165) is 19.8 Å². The summed E-state index contributed by atoms with van der Waals surface area (Å²) in [7, 11) is 0. The molecule has 1 N–H and O–H groups in total. The van der Waals surface area contributed by atoms with Crippen molar-refractivity contribution < 1.29 is 4.74 Å². The van der Waals surface area contributed by atoms with Crippen molar-refractivity contribution >= 4 is 0 Å². The van der Waals surface area contributed by atoms with Gasteiger partial charge in [-0.3, -0.25) is 0 Å². The van der Waals surface area contributed by atoms with Crippen molar-refractivity contribution in [2.45, 2.75) is 19.9 Å². The van der Waals surface area contributed by atoms with Gasteiger partial charge in [-0.1, -0.05) is 18.2 Å². The Morgan fingerprint density at radius 2 is 2.33 bits per heavy atom. The van der Waals surface area contributed by atoms with Crippen LogP contribution in [0.25, 0.3) is 0 Å². The minimum absolute atomic E-state index is 0.389. The molecule has 1 rings (SSSR count). The van der Waals surface area contributed by atoms with E-state index in [0.29, 0.717) is 6.04 Å². The van der Waals surface area contributed by atoms with E-state index in [1.807, 2.05) is 6.92 Å². The maximum absolute atomic E-state index is 5.37. The molecule has 1 aliphatic rings. The van der Waals surface area contributed by atoms with E-state index in [1.54, 1.807) is 0 Å². The van der Waals surface area contributed by atoms with Gasteiger partial charge in [-0.25, -0.2) is 0 Å². The first-order chi connectivity index (χ1) is 5.88. The fourth-order valence-electron chi connectivity index (χ4n) is 1.39. The lowest BCUT2D eigenvalue weighted by Gasteiger charge is -2.24. The average molecular weight is 167 g/mol. The van der Waals surface area contributed by atoms with Crippen LogP contribution in [0.1, 0.15) is 13.8 Å². The third-order valence-electron chi connectivity index (χ3n) is 2.02. The van der Waals surface area contributed by atoms with Gasteiger partial charge >= 0.3 is 0 Å². The van der Waals surface area contributed by atoms with Crippen LogP contribution >= 0.6 is 0 Å². The Labute approximate surface area is 74.3 Å². The minimum Gasteiger partial charge on any atom is -0.378 e. The summed E-state index contributed by atoms with van der Waals surface area (Å²) >= 11 is 0. The lowest BCUT2D eigenvalue weighted by molar-refractivity contribution is 0.0879. The predicted octanol–water partition coefficient (Wildman–Crippen LogP) is 1.50. The highest BCUT2D eigenvalue weighted by Gasteiger charge is 2.14. The van der Waals surface area contributed by atoms with Gasteiger partial charge in [0, 0.05) is 6.54 Å². The van der Waals surface area contributed by atoms with E-state index in [4.69, 9.17) is 4.74 Å². The Balaban J connectivity index is 2.52. The molecule has 12 heavy (non-hydrogen) atoms. The second-order valence-corrected chi connectivity index (χ2v) is 2.87. The van der Waals surface area contributed by atoms with Crippen molar-refractivity contribution in [3.8, 4) is 0 Å². The van der Waals surface area contributed by atoms with Crippen molar-refractivity contribution in [2.24, 2.45) is 0 Å². The minimum atomic E-state index is 0.389. The topological polar surface area (TPSA) is 21.3 Å². The molecule has 0 saturated carbocycles. The Kier molecular flexibility index (Phi) is 4.05. The lowest BCUT2D eigenvalue weighted by Crippen LogP contribution is -2.42. The van der Waals surface area contributed by atoms with Crippen molar-refractivity contribution in [1.82, 2.24) is 5.32 Å². The summed E-state index contributed by atoms with van der Waals surface area (Å²) in [5.74, 6) is 0. The van der Waals surface area contributed by atoms with Crippen LogP contribution in [0.15, 0.2) is 23.8 Å². The highest BCUT2D eigenvalue weighted by atomic mass is 16.5. The molecule has 2 heteroatoms. The molecule has 1 saturated heterocycles. The summed E-state index contributed by atoms with van der Waals surface area (Å²) in [6, 6.07) is 0.389. The zero-order chi connectivity index (χ0) is 8.81. The van der Waals surface area contributed by atoms with E-state index in [2.05, 4.69) is 30.5 Å². The molecule has 0 spiro atoms. The highest BCUT2D eigenvalue weighted by Crippen LogP contribution is 2.07. The fourth-order valence-corrected chi connectivity index (χ4v) is 1.39. The van der Waals surface area contributed by atoms with Crippen LogP contribution in [0.3, 0.4) is 0 Å². The molecular formula is C10H17NO. The second kappa shape index (κ2) is 5.12. The number of hydrogen-bond acceptors (Lipinski definition) is 2. The number of hydrogen-bond donors (Lipinski definition) is 1. The standard InChI is InChI=1S/C10H17NO/c1-3-5-9(4-2)10-8-12-7-6-11-10/h3-5,10-11H,6-8H2,1-2H3/b5-3-,9-4+/t10-/m1/s1. The van der Waals surface area contributed by atoms with Gasteiger partial charge in [0.15, 0.2) is 0 Å². The molecule has 0 radical (unpaired) electrons. The first kappa shape index (κ1) is 9.49. The lowest BCUT2D eigenvalue weighted by atomic mass is 10.1. The molecule has 0 aliphatic carbocycles. The van der Waals surface area contributed by atoms with Crippen molar-refractivity contribution in [1.29, 1.82) is 0 Å². The van der Waals surface area contributed by atoms with Gasteiger partial charge in [-0.2, -0.15) is 0 Å². The van der Waals surface area contributed by atoms with Gasteiger partial charge < -0.3 is 10.1 Å². The molecule has 0 bridgehead atoms. The number of ether oxygens (including phenoxy) is 1. The molecule has 68 valence electrons. The Morgan fingerprint density at radius 3 is 2.83 bits per heavy atom. The maximum Gasteiger partial charge on any atom is 0.0662 e. The van der Waals surface area contributed by atoms with Crippen LogP contribution < -0.4 is 5.32 Å². The molecule has 1 fully saturated rings. The molecule has 1 atom stereocenters. The first-order valence-corrected chi connectivity index (χ1v) is 4.48. The molecule has 0 aromatic heterocycles. The second-order valence-electron chi connectivity index (χ2n) is 2.87. The summed E-state index contributed by atoms with van der Waals surface area (Å²) in [4.78, 5) is 0. The largest absolute Gasteiger partial charge is 0.378 e. The van der Waals surface area contributed by atoms with Crippen LogP contribution in [-0.2, 0) is 4.74 Å². The Morgan fingerprint density at radius 1 is 1.50 bits per heavy atom. The third-order valence-corrected chi connectivity index (χ3v) is 2.02. The van der Waals surface area contributed by atoms with Crippen LogP contribution in [0.2, 0.25) is 0 Å². The van der Waals surface area contributed by atoms with E-state index < -0.39 is 0 Å². The molecule has 0 unspecified atom stereocenters. The normalized spacial score (nSPS) is 26.5. The van der Waals surface area contributed by atoms with Crippen molar-refractivity contribution in [2.75, 3.05) is 19.8 Å². The van der Waals surface area contributed by atoms with Gasteiger partial charge in [0.1, 0.15) is 0 Å². The van der Waals surface area contributed by atoms with E-state index in [9.17, 15) is 0 Å². The molecule has 0 aromatic rings. The van der Waals surface area contributed by atoms with Crippen molar-refractivity contribution in [3.63, 3.8) is 0 Å². The monoisotopic (exact) mass is 167 g/mol. The third kappa shape index (κ3) is 2.47. The molecule has 0 amide bonds. The maximum atomic E-state index is 5.37. The van der Waals surface area contributed by atoms with E-state index in [1.165, 1.54) is 5.57 Å². The summed E-state index contributed by atoms with van der Waals surface area (Å²) in [6.07, 6.45) is 6.32. The fraction of sp³-hybridized carbons (Fsp3) is 0.600. The quantitative estimate of drug-likeness (QED) is 0.629. The van der Waals surface area contributed by atoms with Gasteiger partial charge in [0.2, 0.25) is 0 Å². The van der Waals surface area contributed by atoms with Gasteiger partial charge in [0.25, 0.3) is 0 Å². The zero-order valence-corrected chi connectivity index (χ0v) is 7.84. The summed E-state index contributed by atoms with van der Waals surface area (Å²) in [5, 5.41) is 3.41. The predicted molar refractivity (Wildman–Crippen MR) is 51.2 cm³/mol. The molecule has 2 nitrogen and oxygen atoms in total. The van der Waals surface area contributed by atoms with E-state index in [-0.39, 0.29) is 0 Å². The van der Waals surface area contributed by atoms with E-state index >= 15 is 0 Å². The van der Waals surface area contributed by atoms with Crippen LogP contribution in [0, 0.1) is 0 Å². The number of nitrogens with one attached hydrogen (secondary N) is 1. The van der Waals surface area contributed by atoms with Crippen LogP contribution in [0.5, 0.6) is 0 Å². The van der Waals surface area contributed by atoms with Gasteiger partial charge in [-0.15, -0.1) is 0 Å². The summed E-state index contributed by atoms with van der Waals surface area (Å²) in [6.45, 7) is 6.69. The number of rotatable bonds is 2. The average Bonchev–Trinajstić information content (AvgIpc) is 2.15. The Bertz CT molecular complexity index is 178.